The van der Waals surface area contributed by atoms with Gasteiger partial charge in [0, 0.05) is 17.0 Å². The van der Waals surface area contributed by atoms with Crippen LogP contribution in [0.25, 0.3) is 0 Å². The third-order valence-electron chi connectivity index (χ3n) is 3.32. The van der Waals surface area contributed by atoms with Crippen LogP contribution in [0.2, 0.25) is 0 Å². The smallest absolute Gasteiger partial charge is 0.193 e. The minimum Gasteiger partial charge on any atom is -0.390 e. The van der Waals surface area contributed by atoms with Gasteiger partial charge >= 0.3 is 0 Å². The predicted octanol–water partition coefficient (Wildman–Crippen LogP) is 2.94. The van der Waals surface area contributed by atoms with Crippen LogP contribution in [0, 0.1) is 0 Å². The van der Waals surface area contributed by atoms with Crippen molar-refractivity contribution in [3.8, 4) is 0 Å². The van der Waals surface area contributed by atoms with E-state index in [0.717, 1.165) is 0 Å². The summed E-state index contributed by atoms with van der Waals surface area (Å²) in [6.45, 7) is 0. The first-order chi connectivity index (χ1) is 10.1. The van der Waals surface area contributed by atoms with Crippen molar-refractivity contribution in [2.24, 2.45) is 0 Å². The topological polar surface area (TPSA) is 57.5 Å². The third kappa shape index (κ3) is 3.91. The summed E-state index contributed by atoms with van der Waals surface area (Å²) in [4.78, 5) is 12.2. The zero-order chi connectivity index (χ0) is 15.2. The van der Waals surface area contributed by atoms with Crippen molar-refractivity contribution in [2.75, 3.05) is 5.88 Å². The zero-order valence-electron chi connectivity index (χ0n) is 11.4. The van der Waals surface area contributed by atoms with Crippen LogP contribution in [-0.2, 0) is 0 Å². The van der Waals surface area contributed by atoms with Crippen LogP contribution in [0.4, 0.5) is 0 Å². The molecule has 0 fully saturated rings. The Morgan fingerprint density at radius 3 is 2.10 bits per heavy atom. The maximum Gasteiger partial charge on any atom is 0.193 e. The number of ketones is 1. The molecule has 0 saturated carbocycles. The lowest BCUT2D eigenvalue weighted by Gasteiger charge is -2.17. The van der Waals surface area contributed by atoms with Gasteiger partial charge in [-0.2, -0.15) is 0 Å². The van der Waals surface area contributed by atoms with Gasteiger partial charge in [-0.25, -0.2) is 0 Å². The lowest BCUT2D eigenvalue weighted by atomic mass is 9.98. The van der Waals surface area contributed by atoms with E-state index < -0.39 is 12.2 Å². The van der Waals surface area contributed by atoms with Crippen LogP contribution in [0.5, 0.6) is 0 Å². The number of aliphatic hydroxyl groups is 2. The predicted molar refractivity (Wildman–Crippen MR) is 82.6 cm³/mol. The van der Waals surface area contributed by atoms with Crippen molar-refractivity contribution in [3.05, 3.63) is 71.3 Å². The second kappa shape index (κ2) is 7.36. The number of aliphatic hydroxyl groups excluding tert-OH is 2. The lowest BCUT2D eigenvalue weighted by molar-refractivity contribution is 0.0170. The van der Waals surface area contributed by atoms with E-state index in [2.05, 4.69) is 0 Å². The Balaban J connectivity index is 2.14. The van der Waals surface area contributed by atoms with Crippen molar-refractivity contribution in [2.45, 2.75) is 18.6 Å². The highest BCUT2D eigenvalue weighted by molar-refractivity contribution is 6.17. The van der Waals surface area contributed by atoms with Gasteiger partial charge in [-0.3, -0.25) is 4.79 Å². The molecule has 2 aromatic rings. The molecule has 0 heterocycles. The average molecular weight is 305 g/mol. The number of carbonyl (C=O) groups excluding carboxylic acids is 1. The van der Waals surface area contributed by atoms with E-state index in [4.69, 9.17) is 11.6 Å². The number of halogens is 1. The summed E-state index contributed by atoms with van der Waals surface area (Å²) in [5.41, 5.74) is 1.73. The monoisotopic (exact) mass is 304 g/mol. The number of hydrogen-bond acceptors (Lipinski definition) is 3. The first-order valence-electron chi connectivity index (χ1n) is 6.75. The summed E-state index contributed by atoms with van der Waals surface area (Å²) in [6, 6.07) is 15.6. The van der Waals surface area contributed by atoms with E-state index >= 15 is 0 Å². The Bertz CT molecular complexity index is 581. The normalized spacial score (nSPS) is 13.7. The minimum atomic E-state index is -0.996. The number of hydrogen-bond donors (Lipinski definition) is 2. The summed E-state index contributed by atoms with van der Waals surface area (Å²) >= 11 is 5.55. The summed E-state index contributed by atoms with van der Waals surface area (Å²) in [5, 5.41) is 19.7. The fraction of sp³-hybridized carbons (Fsp3) is 0.235. The van der Waals surface area contributed by atoms with Crippen LogP contribution >= 0.6 is 11.6 Å². The average Bonchev–Trinajstić information content (AvgIpc) is 2.54. The van der Waals surface area contributed by atoms with Gasteiger partial charge in [-0.05, 0) is 12.0 Å². The minimum absolute atomic E-state index is 0.0713. The van der Waals surface area contributed by atoms with Gasteiger partial charge in [0.1, 0.15) is 6.10 Å². The molecule has 0 radical (unpaired) electrons. The molecule has 2 unspecified atom stereocenters. The van der Waals surface area contributed by atoms with Gasteiger partial charge in [-0.15, -0.1) is 11.6 Å². The molecular weight excluding hydrogens is 288 g/mol. The maximum atomic E-state index is 12.2. The SMILES string of the molecule is O=C(c1ccccc1)c1ccc(C(O)C(O)CCCl)cc1. The number of alkyl halides is 1. The molecular formula is C17H17ClO3. The molecule has 110 valence electrons. The first kappa shape index (κ1) is 15.7. The number of rotatable bonds is 6. The molecule has 0 spiro atoms. The van der Waals surface area contributed by atoms with Gasteiger partial charge in [0.2, 0.25) is 0 Å². The maximum absolute atomic E-state index is 12.2. The fourth-order valence-electron chi connectivity index (χ4n) is 2.08. The molecule has 3 nitrogen and oxygen atoms in total. The van der Waals surface area contributed by atoms with Gasteiger partial charge in [0.05, 0.1) is 6.10 Å². The number of carbonyl (C=O) groups is 1. The van der Waals surface area contributed by atoms with E-state index in [9.17, 15) is 15.0 Å². The van der Waals surface area contributed by atoms with Crippen LogP contribution in [0.1, 0.15) is 34.0 Å². The Kier molecular flexibility index (Phi) is 5.51. The Morgan fingerprint density at radius 1 is 0.952 bits per heavy atom. The van der Waals surface area contributed by atoms with Crippen molar-refractivity contribution < 1.29 is 15.0 Å². The molecule has 2 atom stereocenters. The number of benzene rings is 2. The van der Waals surface area contributed by atoms with E-state index in [1.165, 1.54) is 0 Å². The molecule has 2 rings (SSSR count). The second-order valence-electron chi connectivity index (χ2n) is 4.81. The molecule has 2 aromatic carbocycles. The molecule has 21 heavy (non-hydrogen) atoms. The van der Waals surface area contributed by atoms with Crippen molar-refractivity contribution >= 4 is 17.4 Å². The molecule has 2 N–H and O–H groups in total. The standard InChI is InChI=1S/C17H17ClO3/c18-11-10-15(19)17(21)14-8-6-13(7-9-14)16(20)12-4-2-1-3-5-12/h1-9,15,17,19,21H,10-11H2. The quantitative estimate of drug-likeness (QED) is 0.637. The summed E-state index contributed by atoms with van der Waals surface area (Å²) in [5.74, 6) is 0.209. The fourth-order valence-corrected chi connectivity index (χ4v) is 2.30. The summed E-state index contributed by atoms with van der Waals surface area (Å²) in [7, 11) is 0. The third-order valence-corrected chi connectivity index (χ3v) is 3.54. The molecule has 0 saturated heterocycles. The molecule has 0 aromatic heterocycles. The Hall–Kier alpha value is -1.68. The van der Waals surface area contributed by atoms with Crippen LogP contribution < -0.4 is 0 Å². The zero-order valence-corrected chi connectivity index (χ0v) is 12.2. The van der Waals surface area contributed by atoms with E-state index in [1.54, 1.807) is 36.4 Å². The second-order valence-corrected chi connectivity index (χ2v) is 5.18. The van der Waals surface area contributed by atoms with Crippen LogP contribution in [0.3, 0.4) is 0 Å². The van der Waals surface area contributed by atoms with E-state index in [-0.39, 0.29) is 11.7 Å². The molecule has 4 heteroatoms. The van der Waals surface area contributed by atoms with Gasteiger partial charge < -0.3 is 10.2 Å². The highest BCUT2D eigenvalue weighted by Gasteiger charge is 2.18. The molecule has 0 bridgehead atoms. The van der Waals surface area contributed by atoms with E-state index in [0.29, 0.717) is 23.1 Å². The molecule has 0 amide bonds. The molecule has 0 aliphatic heterocycles. The first-order valence-corrected chi connectivity index (χ1v) is 7.28. The van der Waals surface area contributed by atoms with Crippen molar-refractivity contribution in [1.29, 1.82) is 0 Å². The largest absolute Gasteiger partial charge is 0.390 e. The summed E-state index contributed by atoms with van der Waals surface area (Å²) < 4.78 is 0. The van der Waals surface area contributed by atoms with Gasteiger partial charge in [0.15, 0.2) is 5.78 Å². The van der Waals surface area contributed by atoms with Gasteiger partial charge in [-0.1, -0.05) is 54.6 Å². The molecule has 0 aliphatic rings. The Labute approximate surface area is 128 Å². The van der Waals surface area contributed by atoms with Crippen molar-refractivity contribution in [1.82, 2.24) is 0 Å². The summed E-state index contributed by atoms with van der Waals surface area (Å²) in [6.07, 6.45) is -1.59. The highest BCUT2D eigenvalue weighted by Crippen LogP contribution is 2.20. The molecule has 0 aliphatic carbocycles. The van der Waals surface area contributed by atoms with Crippen molar-refractivity contribution in [3.63, 3.8) is 0 Å². The lowest BCUT2D eigenvalue weighted by Crippen LogP contribution is -2.18. The highest BCUT2D eigenvalue weighted by atomic mass is 35.5. The Morgan fingerprint density at radius 2 is 1.52 bits per heavy atom. The van der Waals surface area contributed by atoms with Crippen LogP contribution in [-0.4, -0.2) is 28.0 Å². The van der Waals surface area contributed by atoms with Crippen LogP contribution in [0.15, 0.2) is 54.6 Å². The van der Waals surface area contributed by atoms with E-state index in [1.807, 2.05) is 18.2 Å². The van der Waals surface area contributed by atoms with Gasteiger partial charge in [0.25, 0.3) is 0 Å².